The van der Waals surface area contributed by atoms with E-state index in [0.29, 0.717) is 17.1 Å². The summed E-state index contributed by atoms with van der Waals surface area (Å²) in [4.78, 5) is 20.3. The highest BCUT2D eigenvalue weighted by molar-refractivity contribution is 5.78. The van der Waals surface area contributed by atoms with Gasteiger partial charge in [0.1, 0.15) is 23.7 Å². The van der Waals surface area contributed by atoms with Gasteiger partial charge in [-0.25, -0.2) is 4.98 Å². The van der Waals surface area contributed by atoms with Crippen molar-refractivity contribution in [1.29, 1.82) is 0 Å². The van der Waals surface area contributed by atoms with Crippen LogP contribution >= 0.6 is 0 Å². The Bertz CT molecular complexity index is 1100. The molecule has 0 atom stereocenters. The molecule has 0 aliphatic rings. The van der Waals surface area contributed by atoms with Crippen LogP contribution < -0.4 is 4.74 Å². The fourth-order valence-corrected chi connectivity index (χ4v) is 3.09. The standard InChI is InChI=1S/C20H19N5O2/c1-14(2)25-16(7-9-23-25)20-15(4-3-8-22-20)13-27-18-5-6-19-21-10-11-24(19)17(18)12-26/h3-12,14H,13H2,1-2H3. The molecule has 0 spiro atoms. The Hall–Kier alpha value is -3.48. The van der Waals surface area contributed by atoms with Gasteiger partial charge in [-0.15, -0.1) is 0 Å². The molecular formula is C20H19N5O2. The Morgan fingerprint density at radius 2 is 2.00 bits per heavy atom. The van der Waals surface area contributed by atoms with Crippen molar-refractivity contribution in [2.24, 2.45) is 0 Å². The molecule has 4 aromatic heterocycles. The van der Waals surface area contributed by atoms with Crippen molar-refractivity contribution in [1.82, 2.24) is 24.1 Å². The molecule has 0 N–H and O–H groups in total. The number of hydrogen-bond donors (Lipinski definition) is 0. The van der Waals surface area contributed by atoms with E-state index in [0.717, 1.165) is 23.2 Å². The highest BCUT2D eigenvalue weighted by Crippen LogP contribution is 2.26. The van der Waals surface area contributed by atoms with Crippen LogP contribution in [0.5, 0.6) is 5.75 Å². The third-order valence-electron chi connectivity index (χ3n) is 4.35. The van der Waals surface area contributed by atoms with Crippen molar-refractivity contribution in [2.75, 3.05) is 0 Å². The monoisotopic (exact) mass is 361 g/mol. The molecule has 0 unspecified atom stereocenters. The lowest BCUT2D eigenvalue weighted by Gasteiger charge is -2.15. The molecular weight excluding hydrogens is 342 g/mol. The second-order valence-electron chi connectivity index (χ2n) is 6.41. The van der Waals surface area contributed by atoms with Crippen LogP contribution in [-0.2, 0) is 6.61 Å². The first kappa shape index (κ1) is 17.0. The third-order valence-corrected chi connectivity index (χ3v) is 4.35. The molecule has 0 amide bonds. The predicted molar refractivity (Wildman–Crippen MR) is 101 cm³/mol. The van der Waals surface area contributed by atoms with Crippen molar-refractivity contribution in [2.45, 2.75) is 26.5 Å². The van der Waals surface area contributed by atoms with Gasteiger partial charge in [0.15, 0.2) is 6.29 Å². The Morgan fingerprint density at radius 1 is 1.11 bits per heavy atom. The lowest BCUT2D eigenvalue weighted by molar-refractivity contribution is 0.111. The Morgan fingerprint density at radius 3 is 2.81 bits per heavy atom. The number of aromatic nitrogens is 5. The van der Waals surface area contributed by atoms with Crippen LogP contribution in [0.15, 0.2) is 55.1 Å². The van der Waals surface area contributed by atoms with Crippen molar-refractivity contribution in [3.63, 3.8) is 0 Å². The van der Waals surface area contributed by atoms with Crippen LogP contribution in [0.25, 0.3) is 17.0 Å². The van der Waals surface area contributed by atoms with Gasteiger partial charge < -0.3 is 4.74 Å². The molecule has 0 saturated carbocycles. The molecule has 0 bridgehead atoms. The quantitative estimate of drug-likeness (QED) is 0.491. The van der Waals surface area contributed by atoms with Gasteiger partial charge >= 0.3 is 0 Å². The molecule has 0 aliphatic heterocycles. The zero-order valence-corrected chi connectivity index (χ0v) is 15.1. The number of carbonyl (C=O) groups excluding carboxylic acids is 1. The molecule has 0 saturated heterocycles. The number of imidazole rings is 1. The van der Waals surface area contributed by atoms with Gasteiger partial charge in [0, 0.05) is 36.4 Å². The van der Waals surface area contributed by atoms with Crippen LogP contribution in [0.2, 0.25) is 0 Å². The summed E-state index contributed by atoms with van der Waals surface area (Å²) >= 11 is 0. The van der Waals surface area contributed by atoms with Crippen molar-refractivity contribution in [3.8, 4) is 17.1 Å². The molecule has 7 nitrogen and oxygen atoms in total. The number of aldehydes is 1. The summed E-state index contributed by atoms with van der Waals surface area (Å²) in [5.74, 6) is 0.502. The van der Waals surface area contributed by atoms with Gasteiger partial charge in [0.05, 0.1) is 11.4 Å². The minimum atomic E-state index is 0.219. The number of rotatable bonds is 6. The zero-order valence-electron chi connectivity index (χ0n) is 15.1. The lowest BCUT2D eigenvalue weighted by Crippen LogP contribution is -2.08. The van der Waals surface area contributed by atoms with Gasteiger partial charge in [-0.3, -0.25) is 18.9 Å². The van der Waals surface area contributed by atoms with Gasteiger partial charge in [-0.05, 0) is 38.1 Å². The van der Waals surface area contributed by atoms with Gasteiger partial charge in [0.2, 0.25) is 0 Å². The van der Waals surface area contributed by atoms with Crippen LogP contribution in [0.3, 0.4) is 0 Å². The maximum absolute atomic E-state index is 11.6. The molecule has 0 radical (unpaired) electrons. The summed E-state index contributed by atoms with van der Waals surface area (Å²) in [5.41, 5.74) is 3.81. The normalized spacial score (nSPS) is 11.2. The van der Waals surface area contributed by atoms with E-state index in [-0.39, 0.29) is 12.6 Å². The van der Waals surface area contributed by atoms with E-state index >= 15 is 0 Å². The Kier molecular flexibility index (Phi) is 4.42. The highest BCUT2D eigenvalue weighted by atomic mass is 16.5. The minimum Gasteiger partial charge on any atom is -0.486 e. The fourth-order valence-electron chi connectivity index (χ4n) is 3.09. The van der Waals surface area contributed by atoms with Crippen molar-refractivity contribution < 1.29 is 9.53 Å². The zero-order chi connectivity index (χ0) is 18.8. The second kappa shape index (κ2) is 7.03. The van der Waals surface area contributed by atoms with Crippen molar-refractivity contribution in [3.05, 3.63) is 66.4 Å². The first-order chi connectivity index (χ1) is 13.2. The predicted octanol–water partition coefficient (Wildman–Crippen LogP) is 3.57. The van der Waals surface area contributed by atoms with E-state index < -0.39 is 0 Å². The van der Waals surface area contributed by atoms with Crippen LogP contribution in [0.1, 0.15) is 35.9 Å². The summed E-state index contributed by atoms with van der Waals surface area (Å²) in [5, 5.41) is 4.39. The van der Waals surface area contributed by atoms with E-state index in [9.17, 15) is 4.79 Å². The number of hydrogen-bond acceptors (Lipinski definition) is 5. The maximum atomic E-state index is 11.6. The van der Waals surface area contributed by atoms with Gasteiger partial charge in [-0.1, -0.05) is 6.07 Å². The van der Waals surface area contributed by atoms with Crippen LogP contribution in [0, 0.1) is 0 Å². The van der Waals surface area contributed by atoms with Crippen LogP contribution in [-0.4, -0.2) is 30.4 Å². The average Bonchev–Trinajstić information content (AvgIpc) is 3.35. The van der Waals surface area contributed by atoms with Crippen molar-refractivity contribution >= 4 is 11.9 Å². The van der Waals surface area contributed by atoms with E-state index in [1.54, 1.807) is 35.3 Å². The highest BCUT2D eigenvalue weighted by Gasteiger charge is 2.15. The number of nitrogens with zero attached hydrogens (tertiary/aromatic N) is 5. The van der Waals surface area contributed by atoms with Gasteiger partial charge in [0.25, 0.3) is 0 Å². The summed E-state index contributed by atoms with van der Waals surface area (Å²) in [6.45, 7) is 4.44. The number of fused-ring (bicyclic) bond motifs is 1. The molecule has 136 valence electrons. The summed E-state index contributed by atoms with van der Waals surface area (Å²) in [6.07, 6.45) is 7.69. The minimum absolute atomic E-state index is 0.219. The molecule has 0 aliphatic carbocycles. The van der Waals surface area contributed by atoms with E-state index in [1.165, 1.54) is 0 Å². The van der Waals surface area contributed by atoms with Crippen LogP contribution in [0.4, 0.5) is 0 Å². The molecule has 7 heteroatoms. The molecule has 4 heterocycles. The molecule has 0 fully saturated rings. The number of ether oxygens (including phenoxy) is 1. The largest absolute Gasteiger partial charge is 0.486 e. The van der Waals surface area contributed by atoms with E-state index in [1.807, 2.05) is 28.9 Å². The topological polar surface area (TPSA) is 74.3 Å². The molecule has 0 aromatic carbocycles. The Labute approximate surface area is 156 Å². The summed E-state index contributed by atoms with van der Waals surface area (Å²) in [6, 6.07) is 9.59. The fraction of sp³-hybridized carbons (Fsp3) is 0.200. The van der Waals surface area contributed by atoms with E-state index in [4.69, 9.17) is 4.74 Å². The lowest BCUT2D eigenvalue weighted by atomic mass is 10.1. The summed E-state index contributed by atoms with van der Waals surface area (Å²) in [7, 11) is 0. The smallest absolute Gasteiger partial charge is 0.170 e. The summed E-state index contributed by atoms with van der Waals surface area (Å²) < 4.78 is 9.62. The average molecular weight is 361 g/mol. The molecule has 4 aromatic rings. The SMILES string of the molecule is CC(C)n1nccc1-c1ncccc1COc1ccc2nccn2c1C=O. The second-order valence-corrected chi connectivity index (χ2v) is 6.41. The first-order valence-corrected chi connectivity index (χ1v) is 8.71. The van der Waals surface area contributed by atoms with Gasteiger partial charge in [-0.2, -0.15) is 5.10 Å². The Balaban J connectivity index is 1.67. The van der Waals surface area contributed by atoms with E-state index in [2.05, 4.69) is 28.9 Å². The number of pyridine rings is 2. The molecule has 27 heavy (non-hydrogen) atoms. The third kappa shape index (κ3) is 3.08. The maximum Gasteiger partial charge on any atom is 0.170 e. The number of carbonyl (C=O) groups is 1. The molecule has 4 rings (SSSR count). The first-order valence-electron chi connectivity index (χ1n) is 8.71.